The highest BCUT2D eigenvalue weighted by Crippen LogP contribution is 2.05. The largest absolute Gasteiger partial charge is 0.361 e. The van der Waals surface area contributed by atoms with Crippen LogP contribution in [0, 0.1) is 0 Å². The summed E-state index contributed by atoms with van der Waals surface area (Å²) >= 11 is 5.18. The molecule has 1 aromatic rings. The van der Waals surface area contributed by atoms with Crippen LogP contribution in [0.3, 0.4) is 0 Å². The minimum Gasteiger partial charge on any atom is -0.361 e. The maximum absolute atomic E-state index is 5.18. The number of rotatable bonds is 5. The maximum atomic E-state index is 5.18. The molecular weight excluding hydrogens is 242 g/mol. The topological polar surface area (TPSA) is 27.3 Å². The van der Waals surface area contributed by atoms with Crippen LogP contribution < -0.4 is 10.6 Å². The van der Waals surface area contributed by atoms with Gasteiger partial charge in [0.25, 0.3) is 0 Å². The third kappa shape index (κ3) is 5.98. The lowest BCUT2D eigenvalue weighted by molar-refractivity contribution is 0.402. The van der Waals surface area contributed by atoms with Gasteiger partial charge in [-0.25, -0.2) is 0 Å². The van der Waals surface area contributed by atoms with E-state index in [-0.39, 0.29) is 0 Å². The van der Waals surface area contributed by atoms with Crippen molar-refractivity contribution in [3.8, 4) is 0 Å². The molecule has 0 saturated carbocycles. The van der Waals surface area contributed by atoms with Gasteiger partial charge in [0, 0.05) is 19.1 Å². The van der Waals surface area contributed by atoms with Crippen molar-refractivity contribution < 1.29 is 0 Å². The first-order valence-corrected chi connectivity index (χ1v) is 6.65. The van der Waals surface area contributed by atoms with E-state index >= 15 is 0 Å². The zero-order valence-electron chi connectivity index (χ0n) is 11.7. The van der Waals surface area contributed by atoms with Crippen LogP contribution in [0.1, 0.15) is 25.0 Å². The van der Waals surface area contributed by atoms with Crippen molar-refractivity contribution in [2.45, 2.75) is 33.0 Å². The van der Waals surface area contributed by atoms with Crippen molar-refractivity contribution in [1.29, 1.82) is 0 Å². The highest BCUT2D eigenvalue weighted by Gasteiger charge is 1.99. The summed E-state index contributed by atoms with van der Waals surface area (Å²) in [4.78, 5) is 2.16. The Morgan fingerprint density at radius 2 is 1.72 bits per heavy atom. The molecule has 0 aliphatic rings. The van der Waals surface area contributed by atoms with E-state index in [9.17, 15) is 0 Å². The molecule has 0 aliphatic carbocycles. The van der Waals surface area contributed by atoms with Gasteiger partial charge in [-0.2, -0.15) is 0 Å². The molecule has 0 aromatic heterocycles. The lowest BCUT2D eigenvalue weighted by atomic mass is 10.1. The monoisotopic (exact) mass is 265 g/mol. The Labute approximate surface area is 116 Å². The fraction of sp³-hybridized carbons (Fsp3) is 0.500. The van der Waals surface area contributed by atoms with Gasteiger partial charge in [0.15, 0.2) is 5.11 Å². The molecular formula is C14H23N3S. The van der Waals surface area contributed by atoms with Crippen LogP contribution in [0.2, 0.25) is 0 Å². The smallest absolute Gasteiger partial charge is 0.166 e. The average Bonchev–Trinajstić information content (AvgIpc) is 2.26. The first-order valence-electron chi connectivity index (χ1n) is 6.24. The summed E-state index contributed by atoms with van der Waals surface area (Å²) in [6, 6.07) is 8.98. The van der Waals surface area contributed by atoms with E-state index in [1.165, 1.54) is 11.1 Å². The second-order valence-corrected chi connectivity index (χ2v) is 5.44. The van der Waals surface area contributed by atoms with Crippen LogP contribution in [-0.2, 0) is 13.1 Å². The molecule has 0 fully saturated rings. The molecule has 4 heteroatoms. The Kier molecular flexibility index (Phi) is 6.09. The Bertz CT molecular complexity index is 371. The molecule has 0 heterocycles. The second kappa shape index (κ2) is 7.34. The molecule has 0 unspecified atom stereocenters. The van der Waals surface area contributed by atoms with Crippen LogP contribution in [-0.4, -0.2) is 30.1 Å². The molecule has 0 saturated heterocycles. The average molecular weight is 265 g/mol. The molecule has 2 N–H and O–H groups in total. The van der Waals surface area contributed by atoms with Crippen LogP contribution in [0.4, 0.5) is 0 Å². The van der Waals surface area contributed by atoms with Crippen LogP contribution in [0.25, 0.3) is 0 Å². The predicted molar refractivity (Wildman–Crippen MR) is 81.5 cm³/mol. The fourth-order valence-electron chi connectivity index (χ4n) is 1.62. The molecule has 0 radical (unpaired) electrons. The molecule has 0 aliphatic heterocycles. The van der Waals surface area contributed by atoms with E-state index in [0.717, 1.165) is 13.1 Å². The third-order valence-corrected chi connectivity index (χ3v) is 2.66. The van der Waals surface area contributed by atoms with Gasteiger partial charge < -0.3 is 15.5 Å². The van der Waals surface area contributed by atoms with E-state index in [1.807, 2.05) is 0 Å². The normalized spacial score (nSPS) is 10.8. The highest BCUT2D eigenvalue weighted by atomic mass is 32.1. The standard InChI is InChI=1S/C14H23N3S/c1-11(2)16-14(18)15-9-12-5-7-13(8-6-12)10-17(3)4/h5-8,11H,9-10H2,1-4H3,(H2,15,16,18). The quantitative estimate of drug-likeness (QED) is 0.798. The van der Waals surface area contributed by atoms with Gasteiger partial charge in [0.2, 0.25) is 0 Å². The molecule has 3 nitrogen and oxygen atoms in total. The first-order chi connectivity index (χ1) is 8.47. The SMILES string of the molecule is CC(C)NC(=S)NCc1ccc(CN(C)C)cc1. The number of nitrogens with zero attached hydrogens (tertiary/aromatic N) is 1. The van der Waals surface area contributed by atoms with E-state index in [0.29, 0.717) is 11.2 Å². The van der Waals surface area contributed by atoms with Crippen molar-refractivity contribution in [3.63, 3.8) is 0 Å². The second-order valence-electron chi connectivity index (χ2n) is 5.04. The summed E-state index contributed by atoms with van der Waals surface area (Å²) < 4.78 is 0. The third-order valence-electron chi connectivity index (χ3n) is 2.39. The molecule has 1 aromatic carbocycles. The lowest BCUT2D eigenvalue weighted by Crippen LogP contribution is -2.38. The molecule has 0 spiro atoms. The fourth-order valence-corrected chi connectivity index (χ4v) is 1.93. The van der Waals surface area contributed by atoms with Crippen LogP contribution in [0.15, 0.2) is 24.3 Å². The van der Waals surface area contributed by atoms with Gasteiger partial charge in [-0.1, -0.05) is 24.3 Å². The van der Waals surface area contributed by atoms with Crippen molar-refractivity contribution in [2.75, 3.05) is 14.1 Å². The first kappa shape index (κ1) is 14.9. The van der Waals surface area contributed by atoms with E-state index in [1.54, 1.807) is 0 Å². The van der Waals surface area contributed by atoms with Crippen LogP contribution in [0.5, 0.6) is 0 Å². The van der Waals surface area contributed by atoms with Gasteiger partial charge in [0.05, 0.1) is 0 Å². The Morgan fingerprint density at radius 3 is 2.22 bits per heavy atom. The zero-order valence-corrected chi connectivity index (χ0v) is 12.5. The van der Waals surface area contributed by atoms with Gasteiger partial charge in [0.1, 0.15) is 0 Å². The maximum Gasteiger partial charge on any atom is 0.166 e. The molecule has 0 bridgehead atoms. The number of benzene rings is 1. The summed E-state index contributed by atoms with van der Waals surface area (Å²) in [5, 5.41) is 7.08. The molecule has 1 rings (SSSR count). The van der Waals surface area contributed by atoms with Crippen LogP contribution >= 0.6 is 12.2 Å². The highest BCUT2D eigenvalue weighted by molar-refractivity contribution is 7.80. The zero-order chi connectivity index (χ0) is 13.5. The lowest BCUT2D eigenvalue weighted by Gasteiger charge is -2.13. The summed E-state index contributed by atoms with van der Waals surface area (Å²) in [5.74, 6) is 0. The summed E-state index contributed by atoms with van der Waals surface area (Å²) in [6.45, 7) is 5.88. The van der Waals surface area contributed by atoms with Gasteiger partial charge in [-0.15, -0.1) is 0 Å². The Morgan fingerprint density at radius 1 is 1.17 bits per heavy atom. The van der Waals surface area contributed by atoms with Gasteiger partial charge in [-0.3, -0.25) is 0 Å². The summed E-state index contributed by atoms with van der Waals surface area (Å²) in [5.41, 5.74) is 2.57. The van der Waals surface area contributed by atoms with Crippen molar-refractivity contribution in [2.24, 2.45) is 0 Å². The van der Waals surface area contributed by atoms with E-state index in [2.05, 4.69) is 67.7 Å². The summed E-state index contributed by atoms with van der Waals surface area (Å²) in [7, 11) is 4.15. The van der Waals surface area contributed by atoms with E-state index < -0.39 is 0 Å². The van der Waals surface area contributed by atoms with Crippen molar-refractivity contribution in [3.05, 3.63) is 35.4 Å². The number of hydrogen-bond donors (Lipinski definition) is 2. The van der Waals surface area contributed by atoms with Crippen molar-refractivity contribution >= 4 is 17.3 Å². The van der Waals surface area contributed by atoms with Gasteiger partial charge in [-0.05, 0) is 51.3 Å². The molecule has 100 valence electrons. The van der Waals surface area contributed by atoms with Gasteiger partial charge >= 0.3 is 0 Å². The number of nitrogens with one attached hydrogen (secondary N) is 2. The molecule has 18 heavy (non-hydrogen) atoms. The van der Waals surface area contributed by atoms with E-state index in [4.69, 9.17) is 12.2 Å². The molecule has 0 amide bonds. The minimum absolute atomic E-state index is 0.368. The molecule has 0 atom stereocenters. The Balaban J connectivity index is 2.41. The summed E-state index contributed by atoms with van der Waals surface area (Å²) in [6.07, 6.45) is 0. The minimum atomic E-state index is 0.368. The number of thiocarbonyl (C=S) groups is 1. The Hall–Kier alpha value is -1.13. The predicted octanol–water partition coefficient (Wildman–Crippen LogP) is 2.12. The van der Waals surface area contributed by atoms with Crippen molar-refractivity contribution in [1.82, 2.24) is 15.5 Å². The number of hydrogen-bond acceptors (Lipinski definition) is 2.